The van der Waals surface area contributed by atoms with Crippen LogP contribution in [-0.4, -0.2) is 24.2 Å². The highest BCUT2D eigenvalue weighted by Gasteiger charge is 2.21. The van der Waals surface area contributed by atoms with Gasteiger partial charge in [0.25, 0.3) is 0 Å². The van der Waals surface area contributed by atoms with Crippen molar-refractivity contribution < 1.29 is 14.4 Å². The lowest BCUT2D eigenvalue weighted by Crippen LogP contribution is -2.19. The Morgan fingerprint density at radius 1 is 1.53 bits per heavy atom. The molecule has 0 fully saturated rings. The van der Waals surface area contributed by atoms with Crippen LogP contribution in [0.15, 0.2) is 18.2 Å². The number of ether oxygens (including phenoxy) is 2. The van der Waals surface area contributed by atoms with E-state index in [0.29, 0.717) is 13.2 Å². The van der Waals surface area contributed by atoms with Crippen LogP contribution in [0, 0.1) is 10.1 Å². The highest BCUT2D eigenvalue weighted by molar-refractivity contribution is 6.32. The quantitative estimate of drug-likeness (QED) is 0.582. The van der Waals surface area contributed by atoms with Gasteiger partial charge in [-0.1, -0.05) is 17.7 Å². The van der Waals surface area contributed by atoms with Crippen molar-refractivity contribution in [3.63, 3.8) is 0 Å². The summed E-state index contributed by atoms with van der Waals surface area (Å²) in [4.78, 5) is 10.3. The topological polar surface area (TPSA) is 61.6 Å². The number of halogens is 1. The van der Waals surface area contributed by atoms with Crippen LogP contribution in [0.1, 0.15) is 13.8 Å². The Labute approximate surface area is 104 Å². The number of benzene rings is 1. The third-order valence-corrected chi connectivity index (χ3v) is 2.32. The average molecular weight is 260 g/mol. The Morgan fingerprint density at radius 2 is 2.24 bits per heavy atom. The van der Waals surface area contributed by atoms with Crippen molar-refractivity contribution in [2.45, 2.75) is 20.0 Å². The Bertz CT molecular complexity index is 397. The summed E-state index contributed by atoms with van der Waals surface area (Å²) in [5, 5.41) is 10.9. The summed E-state index contributed by atoms with van der Waals surface area (Å²) in [6, 6.07) is 4.59. The Kier molecular flexibility index (Phi) is 5.18. The van der Waals surface area contributed by atoms with Gasteiger partial charge >= 0.3 is 5.69 Å². The molecule has 0 bridgehead atoms. The molecule has 1 aromatic carbocycles. The molecule has 0 aliphatic rings. The van der Waals surface area contributed by atoms with Gasteiger partial charge in [-0.15, -0.1) is 0 Å². The summed E-state index contributed by atoms with van der Waals surface area (Å²) < 4.78 is 10.6. The van der Waals surface area contributed by atoms with Crippen molar-refractivity contribution in [3.05, 3.63) is 33.3 Å². The van der Waals surface area contributed by atoms with E-state index >= 15 is 0 Å². The third-order valence-electron chi connectivity index (χ3n) is 2.02. The molecule has 1 unspecified atom stereocenters. The van der Waals surface area contributed by atoms with Crippen LogP contribution >= 0.6 is 11.6 Å². The van der Waals surface area contributed by atoms with Crippen molar-refractivity contribution in [1.82, 2.24) is 0 Å². The number of nitrogens with zero attached hydrogens (tertiary/aromatic N) is 1. The molecule has 6 heteroatoms. The molecule has 0 aromatic heterocycles. The number of rotatable bonds is 6. The maximum Gasteiger partial charge on any atom is 0.329 e. The van der Waals surface area contributed by atoms with Crippen molar-refractivity contribution >= 4 is 17.3 Å². The summed E-state index contributed by atoms with van der Waals surface area (Å²) in [7, 11) is 0. The minimum Gasteiger partial charge on any atom is -0.481 e. The fraction of sp³-hybridized carbons (Fsp3) is 0.455. The largest absolute Gasteiger partial charge is 0.481 e. The van der Waals surface area contributed by atoms with Gasteiger partial charge < -0.3 is 9.47 Å². The molecule has 1 rings (SSSR count). The number of hydrogen-bond donors (Lipinski definition) is 0. The summed E-state index contributed by atoms with van der Waals surface area (Å²) in [6.07, 6.45) is -0.271. The van der Waals surface area contributed by atoms with Crippen LogP contribution in [0.5, 0.6) is 5.75 Å². The van der Waals surface area contributed by atoms with Gasteiger partial charge in [0.2, 0.25) is 0 Å². The second-order valence-electron chi connectivity index (χ2n) is 3.43. The first-order valence-corrected chi connectivity index (χ1v) is 5.61. The lowest BCUT2D eigenvalue weighted by molar-refractivity contribution is -0.385. The Balaban J connectivity index is 2.83. The molecule has 0 saturated heterocycles. The molecule has 0 amide bonds. The maximum atomic E-state index is 10.8. The molecule has 94 valence electrons. The highest BCUT2D eigenvalue weighted by atomic mass is 35.5. The molecular formula is C11H14ClNO4. The SMILES string of the molecule is CCOCC(C)Oc1cccc(Cl)c1[N+](=O)[O-]. The minimum atomic E-state index is -0.551. The predicted molar refractivity (Wildman–Crippen MR) is 64.7 cm³/mol. The van der Waals surface area contributed by atoms with Crippen LogP contribution in [0.4, 0.5) is 5.69 Å². The van der Waals surface area contributed by atoms with Gasteiger partial charge in [0.05, 0.1) is 11.5 Å². The fourth-order valence-electron chi connectivity index (χ4n) is 1.30. The molecular weight excluding hydrogens is 246 g/mol. The van der Waals surface area contributed by atoms with E-state index in [1.165, 1.54) is 12.1 Å². The third kappa shape index (κ3) is 3.87. The van der Waals surface area contributed by atoms with E-state index < -0.39 is 4.92 Å². The van der Waals surface area contributed by atoms with Gasteiger partial charge in [-0.2, -0.15) is 0 Å². The first-order valence-electron chi connectivity index (χ1n) is 5.23. The summed E-state index contributed by atoms with van der Waals surface area (Å²) in [5.74, 6) is 0.162. The molecule has 5 nitrogen and oxygen atoms in total. The first-order chi connectivity index (χ1) is 8.06. The van der Waals surface area contributed by atoms with Crippen LogP contribution in [0.25, 0.3) is 0 Å². The molecule has 0 spiro atoms. The van der Waals surface area contributed by atoms with Gasteiger partial charge in [-0.3, -0.25) is 10.1 Å². The molecule has 0 saturated carbocycles. The highest BCUT2D eigenvalue weighted by Crippen LogP contribution is 2.34. The van der Waals surface area contributed by atoms with Crippen molar-refractivity contribution in [3.8, 4) is 5.75 Å². The van der Waals surface area contributed by atoms with Crippen molar-refractivity contribution in [1.29, 1.82) is 0 Å². The van der Waals surface area contributed by atoms with Crippen LogP contribution in [0.3, 0.4) is 0 Å². The zero-order chi connectivity index (χ0) is 12.8. The lowest BCUT2D eigenvalue weighted by Gasteiger charge is -2.14. The van der Waals surface area contributed by atoms with E-state index in [0.717, 1.165) is 0 Å². The molecule has 0 radical (unpaired) electrons. The monoisotopic (exact) mass is 259 g/mol. The normalized spacial score (nSPS) is 12.2. The average Bonchev–Trinajstić information content (AvgIpc) is 2.25. The second kappa shape index (κ2) is 6.42. The summed E-state index contributed by atoms with van der Waals surface area (Å²) in [6.45, 7) is 4.60. The van der Waals surface area contributed by atoms with Crippen LogP contribution < -0.4 is 4.74 Å². The molecule has 17 heavy (non-hydrogen) atoms. The number of para-hydroxylation sites is 1. The number of hydrogen-bond acceptors (Lipinski definition) is 4. The van der Waals surface area contributed by atoms with Crippen molar-refractivity contribution in [2.75, 3.05) is 13.2 Å². The number of nitro benzene ring substituents is 1. The molecule has 0 N–H and O–H groups in total. The predicted octanol–water partition coefficient (Wildman–Crippen LogP) is 3.05. The fourth-order valence-corrected chi connectivity index (χ4v) is 1.54. The molecule has 1 aromatic rings. The van der Waals surface area contributed by atoms with Crippen molar-refractivity contribution in [2.24, 2.45) is 0 Å². The van der Waals surface area contributed by atoms with E-state index in [4.69, 9.17) is 21.1 Å². The van der Waals surface area contributed by atoms with E-state index in [-0.39, 0.29) is 22.6 Å². The molecule has 1 atom stereocenters. The van der Waals surface area contributed by atoms with E-state index in [9.17, 15) is 10.1 Å². The zero-order valence-corrected chi connectivity index (χ0v) is 10.4. The minimum absolute atomic E-state index is 0.0658. The van der Waals surface area contributed by atoms with E-state index in [1.54, 1.807) is 13.0 Å². The lowest BCUT2D eigenvalue weighted by atomic mass is 10.3. The summed E-state index contributed by atoms with van der Waals surface area (Å²) >= 11 is 5.76. The molecule has 0 aliphatic carbocycles. The maximum absolute atomic E-state index is 10.8. The van der Waals surface area contributed by atoms with E-state index in [2.05, 4.69) is 0 Å². The Morgan fingerprint density at radius 3 is 2.82 bits per heavy atom. The number of nitro groups is 1. The standard InChI is InChI=1S/C11H14ClNO4/c1-3-16-7-8(2)17-10-6-4-5-9(12)11(10)13(14)15/h4-6,8H,3,7H2,1-2H3. The van der Waals surface area contributed by atoms with Crippen LogP contribution in [0.2, 0.25) is 5.02 Å². The Hall–Kier alpha value is -1.33. The van der Waals surface area contributed by atoms with Gasteiger partial charge in [-0.25, -0.2) is 0 Å². The first kappa shape index (κ1) is 13.7. The van der Waals surface area contributed by atoms with Gasteiger partial charge in [-0.05, 0) is 26.0 Å². The molecule has 0 heterocycles. The molecule has 0 aliphatic heterocycles. The van der Waals surface area contributed by atoms with Crippen LogP contribution in [-0.2, 0) is 4.74 Å². The van der Waals surface area contributed by atoms with E-state index in [1.807, 2.05) is 6.92 Å². The summed E-state index contributed by atoms with van der Waals surface area (Å²) in [5.41, 5.74) is -0.211. The van der Waals surface area contributed by atoms with Gasteiger partial charge in [0, 0.05) is 6.61 Å². The smallest absolute Gasteiger partial charge is 0.329 e. The van der Waals surface area contributed by atoms with Gasteiger partial charge in [0.15, 0.2) is 5.75 Å². The van der Waals surface area contributed by atoms with Gasteiger partial charge in [0.1, 0.15) is 11.1 Å². The zero-order valence-electron chi connectivity index (χ0n) is 9.68. The second-order valence-corrected chi connectivity index (χ2v) is 3.84.